The van der Waals surface area contributed by atoms with E-state index in [-0.39, 0.29) is 5.92 Å². The maximum absolute atomic E-state index is 10.1. The van der Waals surface area contributed by atoms with Gasteiger partial charge in [0.25, 0.3) is 0 Å². The van der Waals surface area contributed by atoms with Gasteiger partial charge in [-0.05, 0) is 61.2 Å². The Bertz CT molecular complexity index is 828. The van der Waals surface area contributed by atoms with Crippen LogP contribution in [0.1, 0.15) is 46.0 Å². The minimum absolute atomic E-state index is 0.0372. The van der Waals surface area contributed by atoms with Crippen LogP contribution in [0.25, 0.3) is 0 Å². The number of rotatable bonds is 9. The summed E-state index contributed by atoms with van der Waals surface area (Å²) in [5.41, 5.74) is 4.39. The first-order valence-electron chi connectivity index (χ1n) is 10.9. The van der Waals surface area contributed by atoms with Gasteiger partial charge in [-0.3, -0.25) is 0 Å². The van der Waals surface area contributed by atoms with Gasteiger partial charge in [0.15, 0.2) is 0 Å². The highest BCUT2D eigenvalue weighted by Crippen LogP contribution is 2.40. The maximum Gasteiger partial charge on any atom is 0.0924 e. The van der Waals surface area contributed by atoms with Crippen LogP contribution in [0.2, 0.25) is 0 Å². The van der Waals surface area contributed by atoms with Crippen molar-refractivity contribution in [1.29, 1.82) is 0 Å². The second kappa shape index (κ2) is 14.3. The Kier molecular flexibility index (Phi) is 11.7. The molecule has 0 aromatic rings. The van der Waals surface area contributed by atoms with E-state index < -0.39 is 0 Å². The van der Waals surface area contributed by atoms with E-state index in [2.05, 4.69) is 49.0 Å². The lowest BCUT2D eigenvalue weighted by Gasteiger charge is -2.21. The fourth-order valence-electron chi connectivity index (χ4n) is 3.62. The highest BCUT2D eigenvalue weighted by Gasteiger charge is 2.28. The summed E-state index contributed by atoms with van der Waals surface area (Å²) in [6.45, 7) is 8.13. The normalized spacial score (nSPS) is 23.3. The second-order valence-electron chi connectivity index (χ2n) is 7.43. The van der Waals surface area contributed by atoms with E-state index in [0.29, 0.717) is 0 Å². The quantitative estimate of drug-likeness (QED) is 0.126. The highest BCUT2D eigenvalue weighted by molar-refractivity contribution is 8.22. The molecule has 0 bridgehead atoms. The van der Waals surface area contributed by atoms with Gasteiger partial charge >= 0.3 is 0 Å². The van der Waals surface area contributed by atoms with Crippen molar-refractivity contribution in [3.05, 3.63) is 81.9 Å². The zero-order valence-corrected chi connectivity index (χ0v) is 20.6. The Labute approximate surface area is 196 Å². The first-order chi connectivity index (χ1) is 15.1. The summed E-state index contributed by atoms with van der Waals surface area (Å²) in [5, 5.41) is 14.0. The summed E-state index contributed by atoms with van der Waals surface area (Å²) in [5.74, 6) is 2.79. The van der Waals surface area contributed by atoms with E-state index in [1.165, 1.54) is 15.4 Å². The summed E-state index contributed by atoms with van der Waals surface area (Å²) >= 11 is 3.72. The molecule has 0 saturated heterocycles. The van der Waals surface area contributed by atoms with Crippen LogP contribution in [0.15, 0.2) is 87.1 Å². The molecule has 1 saturated carbocycles. The molecule has 5 heteroatoms. The van der Waals surface area contributed by atoms with E-state index in [4.69, 9.17) is 4.74 Å². The van der Waals surface area contributed by atoms with Gasteiger partial charge in [0.2, 0.25) is 0 Å². The highest BCUT2D eigenvalue weighted by atomic mass is 32.2. The lowest BCUT2D eigenvalue weighted by Crippen LogP contribution is -2.18. The molecule has 0 radical (unpaired) electrons. The van der Waals surface area contributed by atoms with Crippen LogP contribution < -0.4 is 0 Å². The first kappa shape index (κ1) is 25.4. The first-order valence-corrected chi connectivity index (χ1v) is 12.9. The number of nitrogens with zero attached hydrogens (tertiary/aromatic N) is 1. The Balaban J connectivity index is 2.37. The Morgan fingerprint density at radius 2 is 2.13 bits per heavy atom. The molecular formula is C26H35NO2S2. The van der Waals surface area contributed by atoms with Gasteiger partial charge in [-0.2, -0.15) is 0 Å². The number of oxime groups is 1. The smallest absolute Gasteiger partial charge is 0.0924 e. The van der Waals surface area contributed by atoms with Gasteiger partial charge < -0.3 is 9.94 Å². The predicted molar refractivity (Wildman–Crippen MR) is 139 cm³/mol. The Morgan fingerprint density at radius 1 is 1.29 bits per heavy atom. The van der Waals surface area contributed by atoms with Gasteiger partial charge in [0.05, 0.1) is 18.6 Å². The summed E-state index contributed by atoms with van der Waals surface area (Å²) in [6.07, 6.45) is 21.8. The van der Waals surface area contributed by atoms with Crippen molar-refractivity contribution < 1.29 is 9.94 Å². The average Bonchev–Trinajstić information content (AvgIpc) is 3.17. The molecule has 2 rings (SSSR count). The van der Waals surface area contributed by atoms with E-state index in [9.17, 15) is 5.21 Å². The number of hydrogen-bond donors (Lipinski definition) is 1. The molecule has 31 heavy (non-hydrogen) atoms. The fraction of sp³-hybridized carbons (Fsp3) is 0.423. The molecule has 1 unspecified atom stereocenters. The molecule has 1 fully saturated rings. The molecule has 0 amide bonds. The third-order valence-corrected chi connectivity index (χ3v) is 7.84. The minimum Gasteiger partial charge on any atom is -0.501 e. The third kappa shape index (κ3) is 7.97. The Hall–Kier alpha value is -1.85. The summed E-state index contributed by atoms with van der Waals surface area (Å²) in [4.78, 5) is 0. The molecule has 0 aromatic heterocycles. The second-order valence-corrected chi connectivity index (χ2v) is 9.94. The van der Waals surface area contributed by atoms with Gasteiger partial charge in [0.1, 0.15) is 0 Å². The largest absolute Gasteiger partial charge is 0.501 e. The minimum atomic E-state index is 0.0372. The SMILES string of the molecule is C=C/C(=C\C=C(/C)OC)C1CCCCC(=C(\SCC)SCC2=CCC=CC=C2)/C1=N/O. The van der Waals surface area contributed by atoms with Crippen LogP contribution in [0.4, 0.5) is 0 Å². The summed E-state index contributed by atoms with van der Waals surface area (Å²) < 4.78 is 6.55. The zero-order valence-electron chi connectivity index (χ0n) is 19.0. The topological polar surface area (TPSA) is 41.8 Å². The molecule has 0 spiro atoms. The van der Waals surface area contributed by atoms with Crippen molar-refractivity contribution >= 4 is 29.2 Å². The predicted octanol–water partition coefficient (Wildman–Crippen LogP) is 7.81. The van der Waals surface area contributed by atoms with Crippen LogP contribution in [0.3, 0.4) is 0 Å². The maximum atomic E-state index is 10.1. The van der Waals surface area contributed by atoms with Gasteiger partial charge in [-0.15, -0.1) is 23.5 Å². The van der Waals surface area contributed by atoms with Crippen LogP contribution in [-0.4, -0.2) is 29.5 Å². The molecule has 1 atom stereocenters. The van der Waals surface area contributed by atoms with Crippen molar-refractivity contribution in [2.45, 2.75) is 46.0 Å². The van der Waals surface area contributed by atoms with E-state index >= 15 is 0 Å². The molecule has 3 nitrogen and oxygen atoms in total. The van der Waals surface area contributed by atoms with Gasteiger partial charge in [0, 0.05) is 15.9 Å². The standard InChI is InChI=1S/C26H35NO2S2/c1-5-22(18-17-20(3)29-4)23-15-11-12-16-24(25(23)27-28)26(30-6-2)31-19-21-13-9-7-8-10-14-21/h5,7-9,13-14,17-18,23,28H,1,6,10-12,15-16,19H2,2-4H3/b20-17+,22-18+,26-24-,27-25+. The molecular weight excluding hydrogens is 422 g/mol. The third-order valence-electron chi connectivity index (χ3n) is 5.35. The van der Waals surface area contributed by atoms with Crippen molar-refractivity contribution in [3.8, 4) is 0 Å². The van der Waals surface area contributed by atoms with Crippen molar-refractivity contribution in [2.75, 3.05) is 18.6 Å². The lowest BCUT2D eigenvalue weighted by atomic mass is 9.88. The van der Waals surface area contributed by atoms with Crippen LogP contribution in [0, 0.1) is 5.92 Å². The van der Waals surface area contributed by atoms with Crippen molar-refractivity contribution in [2.24, 2.45) is 11.1 Å². The molecule has 1 N–H and O–H groups in total. The molecule has 0 aromatic carbocycles. The van der Waals surface area contributed by atoms with Crippen LogP contribution in [0.5, 0.6) is 0 Å². The number of thioether (sulfide) groups is 2. The van der Waals surface area contributed by atoms with Crippen LogP contribution in [-0.2, 0) is 4.74 Å². The molecule has 168 valence electrons. The summed E-state index contributed by atoms with van der Waals surface area (Å²) in [6, 6.07) is 0. The van der Waals surface area contributed by atoms with Crippen molar-refractivity contribution in [3.63, 3.8) is 0 Å². The lowest BCUT2D eigenvalue weighted by molar-refractivity contribution is 0.293. The number of methoxy groups -OCH3 is 1. The number of ether oxygens (including phenoxy) is 1. The Morgan fingerprint density at radius 3 is 2.84 bits per heavy atom. The molecule has 2 aliphatic rings. The van der Waals surface area contributed by atoms with E-state index in [0.717, 1.165) is 60.7 Å². The number of hydrogen-bond acceptors (Lipinski definition) is 5. The molecule has 0 heterocycles. The van der Waals surface area contributed by atoms with Gasteiger partial charge in [-0.1, -0.05) is 67.6 Å². The summed E-state index contributed by atoms with van der Waals surface area (Å²) in [7, 11) is 1.67. The molecule has 0 aliphatic heterocycles. The van der Waals surface area contributed by atoms with E-state index in [1.54, 1.807) is 7.11 Å². The van der Waals surface area contributed by atoms with E-state index in [1.807, 2.05) is 48.7 Å². The van der Waals surface area contributed by atoms with Gasteiger partial charge in [-0.25, -0.2) is 0 Å². The molecule has 2 aliphatic carbocycles. The van der Waals surface area contributed by atoms with Crippen molar-refractivity contribution in [1.82, 2.24) is 0 Å². The monoisotopic (exact) mass is 457 g/mol. The fourth-order valence-corrected chi connectivity index (χ4v) is 6.02. The zero-order chi connectivity index (χ0) is 22.5. The average molecular weight is 458 g/mol. The number of allylic oxidation sites excluding steroid dienone is 11. The van der Waals surface area contributed by atoms with Crippen LogP contribution >= 0.6 is 23.5 Å².